The first-order valence-electron chi connectivity index (χ1n) is 5.51. The van der Waals surface area contributed by atoms with Crippen LogP contribution >= 0.6 is 15.9 Å². The summed E-state index contributed by atoms with van der Waals surface area (Å²) in [5.74, 6) is -1.24. The van der Waals surface area contributed by atoms with E-state index in [-0.39, 0.29) is 5.69 Å². The zero-order chi connectivity index (χ0) is 13.1. The third kappa shape index (κ3) is 2.69. The standard InChI is InChI=1S/C12H12BrF2N3/c1-2-18-9(3-4-17-18)7-16-12-10(14)5-8(13)6-11(12)15/h3-6,16H,2,7H2,1H3. The Labute approximate surface area is 112 Å². The van der Waals surface area contributed by atoms with Gasteiger partial charge >= 0.3 is 0 Å². The first kappa shape index (κ1) is 13.0. The highest BCUT2D eigenvalue weighted by molar-refractivity contribution is 9.10. The van der Waals surface area contributed by atoms with Crippen LogP contribution in [0.3, 0.4) is 0 Å². The van der Waals surface area contributed by atoms with Crippen LogP contribution in [-0.4, -0.2) is 9.78 Å². The van der Waals surface area contributed by atoms with E-state index in [1.165, 1.54) is 12.1 Å². The van der Waals surface area contributed by atoms with Gasteiger partial charge in [-0.25, -0.2) is 8.78 Å². The maximum atomic E-state index is 13.6. The number of rotatable bonds is 4. The van der Waals surface area contributed by atoms with E-state index in [1.54, 1.807) is 10.9 Å². The Kier molecular flexibility index (Phi) is 3.96. The molecule has 0 atom stereocenters. The van der Waals surface area contributed by atoms with Gasteiger partial charge in [0.2, 0.25) is 0 Å². The highest BCUT2D eigenvalue weighted by atomic mass is 79.9. The summed E-state index contributed by atoms with van der Waals surface area (Å²) in [7, 11) is 0. The average molecular weight is 316 g/mol. The maximum absolute atomic E-state index is 13.6. The molecular weight excluding hydrogens is 304 g/mol. The molecule has 0 saturated heterocycles. The number of nitrogens with one attached hydrogen (secondary N) is 1. The highest BCUT2D eigenvalue weighted by Crippen LogP contribution is 2.24. The van der Waals surface area contributed by atoms with Gasteiger partial charge in [0.25, 0.3) is 0 Å². The van der Waals surface area contributed by atoms with Crippen molar-refractivity contribution in [3.63, 3.8) is 0 Å². The quantitative estimate of drug-likeness (QED) is 0.935. The van der Waals surface area contributed by atoms with Gasteiger partial charge in [0.1, 0.15) is 17.3 Å². The molecule has 1 aromatic heterocycles. The molecule has 0 aliphatic carbocycles. The fourth-order valence-electron chi connectivity index (χ4n) is 1.68. The van der Waals surface area contributed by atoms with Crippen molar-refractivity contribution >= 4 is 21.6 Å². The van der Waals surface area contributed by atoms with Gasteiger partial charge in [0.05, 0.1) is 12.2 Å². The lowest BCUT2D eigenvalue weighted by atomic mass is 10.3. The molecule has 0 spiro atoms. The van der Waals surface area contributed by atoms with Gasteiger partial charge in [-0.2, -0.15) is 5.10 Å². The topological polar surface area (TPSA) is 29.9 Å². The highest BCUT2D eigenvalue weighted by Gasteiger charge is 2.11. The molecule has 6 heteroatoms. The van der Waals surface area contributed by atoms with E-state index in [2.05, 4.69) is 26.3 Å². The molecule has 0 aliphatic rings. The molecule has 0 aliphatic heterocycles. The largest absolute Gasteiger partial charge is 0.375 e. The molecular formula is C12H12BrF2N3. The number of nitrogens with zero attached hydrogens (tertiary/aromatic N) is 2. The van der Waals surface area contributed by atoms with Crippen molar-refractivity contribution in [2.45, 2.75) is 20.0 Å². The molecule has 1 heterocycles. The van der Waals surface area contributed by atoms with Gasteiger partial charge in [-0.3, -0.25) is 4.68 Å². The van der Waals surface area contributed by atoms with Gasteiger partial charge in [0.15, 0.2) is 0 Å². The summed E-state index contributed by atoms with van der Waals surface area (Å²) >= 11 is 3.04. The molecule has 0 radical (unpaired) electrons. The number of benzene rings is 1. The van der Waals surface area contributed by atoms with Gasteiger partial charge in [-0.1, -0.05) is 15.9 Å². The molecule has 96 valence electrons. The number of aromatic nitrogens is 2. The second-order valence-electron chi connectivity index (χ2n) is 3.74. The van der Waals surface area contributed by atoms with Crippen molar-refractivity contribution in [2.24, 2.45) is 0 Å². The van der Waals surface area contributed by atoms with Crippen molar-refractivity contribution < 1.29 is 8.78 Å². The normalized spacial score (nSPS) is 10.7. The summed E-state index contributed by atoms with van der Waals surface area (Å²) in [5, 5.41) is 6.84. The van der Waals surface area contributed by atoms with Crippen molar-refractivity contribution in [3.8, 4) is 0 Å². The average Bonchev–Trinajstić information content (AvgIpc) is 2.75. The lowest BCUT2D eigenvalue weighted by Gasteiger charge is -2.10. The van der Waals surface area contributed by atoms with Crippen LogP contribution in [0.4, 0.5) is 14.5 Å². The van der Waals surface area contributed by atoms with Crippen molar-refractivity contribution in [1.29, 1.82) is 0 Å². The summed E-state index contributed by atoms with van der Waals surface area (Å²) in [4.78, 5) is 0. The van der Waals surface area contributed by atoms with Crippen LogP contribution in [0.1, 0.15) is 12.6 Å². The monoisotopic (exact) mass is 315 g/mol. The van der Waals surface area contributed by atoms with E-state index in [9.17, 15) is 8.78 Å². The van der Waals surface area contributed by atoms with E-state index in [0.29, 0.717) is 11.0 Å². The molecule has 0 saturated carbocycles. The van der Waals surface area contributed by atoms with Crippen LogP contribution in [0, 0.1) is 11.6 Å². The first-order valence-corrected chi connectivity index (χ1v) is 6.30. The summed E-state index contributed by atoms with van der Waals surface area (Å²) in [6.07, 6.45) is 1.66. The molecule has 2 aromatic rings. The molecule has 1 aromatic carbocycles. The molecule has 18 heavy (non-hydrogen) atoms. The van der Waals surface area contributed by atoms with Crippen molar-refractivity contribution in [2.75, 3.05) is 5.32 Å². The SMILES string of the molecule is CCn1nccc1CNc1c(F)cc(Br)cc1F. The van der Waals surface area contributed by atoms with E-state index < -0.39 is 11.6 Å². The third-order valence-corrected chi connectivity index (χ3v) is 3.02. The fourth-order valence-corrected chi connectivity index (χ4v) is 2.09. The second kappa shape index (κ2) is 5.48. The molecule has 0 fully saturated rings. The summed E-state index contributed by atoms with van der Waals surface area (Å²) < 4.78 is 29.3. The Morgan fingerprint density at radius 1 is 1.33 bits per heavy atom. The fraction of sp³-hybridized carbons (Fsp3) is 0.250. The van der Waals surface area contributed by atoms with E-state index in [0.717, 1.165) is 12.2 Å². The van der Waals surface area contributed by atoms with Gasteiger partial charge in [0, 0.05) is 17.2 Å². The number of halogens is 3. The summed E-state index contributed by atoms with van der Waals surface area (Å²) in [6, 6.07) is 4.26. The smallest absolute Gasteiger partial charge is 0.150 e. The minimum Gasteiger partial charge on any atom is -0.375 e. The summed E-state index contributed by atoms with van der Waals surface area (Å²) in [6.45, 7) is 3.00. The molecule has 0 amide bonds. The molecule has 0 bridgehead atoms. The Balaban J connectivity index is 2.16. The van der Waals surface area contributed by atoms with Crippen LogP contribution in [0.15, 0.2) is 28.9 Å². The number of aryl methyl sites for hydroxylation is 1. The van der Waals surface area contributed by atoms with Crippen molar-refractivity contribution in [1.82, 2.24) is 9.78 Å². The predicted octanol–water partition coefficient (Wildman–Crippen LogP) is 3.56. The third-order valence-electron chi connectivity index (χ3n) is 2.56. The van der Waals surface area contributed by atoms with Crippen LogP contribution in [0.2, 0.25) is 0 Å². The van der Waals surface area contributed by atoms with E-state index in [4.69, 9.17) is 0 Å². The zero-order valence-electron chi connectivity index (χ0n) is 9.75. The number of anilines is 1. The molecule has 0 unspecified atom stereocenters. The Bertz CT molecular complexity index is 531. The Hall–Kier alpha value is -1.43. The second-order valence-corrected chi connectivity index (χ2v) is 4.65. The van der Waals surface area contributed by atoms with E-state index in [1.807, 2.05) is 13.0 Å². The van der Waals surface area contributed by atoms with Crippen LogP contribution in [0.5, 0.6) is 0 Å². The lowest BCUT2D eigenvalue weighted by molar-refractivity contribution is 0.583. The van der Waals surface area contributed by atoms with Gasteiger partial charge < -0.3 is 5.32 Å². The number of hydrogen-bond donors (Lipinski definition) is 1. The maximum Gasteiger partial charge on any atom is 0.150 e. The summed E-state index contributed by atoms with van der Waals surface area (Å²) in [5.41, 5.74) is 0.751. The predicted molar refractivity (Wildman–Crippen MR) is 69.3 cm³/mol. The molecule has 2 rings (SSSR count). The van der Waals surface area contributed by atoms with Crippen LogP contribution in [-0.2, 0) is 13.1 Å². The Morgan fingerprint density at radius 3 is 2.61 bits per heavy atom. The van der Waals surface area contributed by atoms with Gasteiger partial charge in [-0.05, 0) is 25.1 Å². The Morgan fingerprint density at radius 2 is 2.00 bits per heavy atom. The van der Waals surface area contributed by atoms with Crippen molar-refractivity contribution in [3.05, 3.63) is 46.2 Å². The molecule has 1 N–H and O–H groups in total. The van der Waals surface area contributed by atoms with Crippen LogP contribution in [0.25, 0.3) is 0 Å². The van der Waals surface area contributed by atoms with Crippen LogP contribution < -0.4 is 5.32 Å². The molecule has 3 nitrogen and oxygen atoms in total. The lowest BCUT2D eigenvalue weighted by Crippen LogP contribution is -2.09. The zero-order valence-corrected chi connectivity index (χ0v) is 11.3. The van der Waals surface area contributed by atoms with Gasteiger partial charge in [-0.15, -0.1) is 0 Å². The minimum absolute atomic E-state index is 0.123. The van der Waals surface area contributed by atoms with E-state index >= 15 is 0 Å². The number of hydrogen-bond acceptors (Lipinski definition) is 2. The first-order chi connectivity index (χ1) is 8.61. The minimum atomic E-state index is -0.621.